The molecule has 0 bridgehead atoms. The molecule has 2 unspecified atom stereocenters. The van der Waals surface area contributed by atoms with Gasteiger partial charge in [0.1, 0.15) is 12.2 Å². The van der Waals surface area contributed by atoms with E-state index in [2.05, 4.69) is 4.99 Å². The SMILES string of the molecule is COC(=O)C1=NC2(OC1)C(C)C[C@H](C)N2C(=O)OC(C)(C)C. The van der Waals surface area contributed by atoms with Gasteiger partial charge in [0.15, 0.2) is 5.71 Å². The molecule has 1 spiro atoms. The summed E-state index contributed by atoms with van der Waals surface area (Å²) < 4.78 is 16.0. The lowest BCUT2D eigenvalue weighted by molar-refractivity contribution is -0.133. The van der Waals surface area contributed by atoms with Crippen molar-refractivity contribution in [1.82, 2.24) is 4.90 Å². The van der Waals surface area contributed by atoms with Gasteiger partial charge in [0.05, 0.1) is 7.11 Å². The molecular formula is C15H24N2O5. The Bertz CT molecular complexity index is 511. The van der Waals surface area contributed by atoms with E-state index in [9.17, 15) is 9.59 Å². The number of aliphatic imine (C=N–C) groups is 1. The third kappa shape index (κ3) is 2.82. The molecule has 124 valence electrons. The number of rotatable bonds is 1. The van der Waals surface area contributed by atoms with Crippen molar-refractivity contribution in [3.8, 4) is 0 Å². The second kappa shape index (κ2) is 5.53. The van der Waals surface area contributed by atoms with E-state index in [0.717, 1.165) is 6.42 Å². The van der Waals surface area contributed by atoms with Gasteiger partial charge in [0.2, 0.25) is 5.85 Å². The average Bonchev–Trinajstić information content (AvgIpc) is 2.91. The van der Waals surface area contributed by atoms with Crippen molar-refractivity contribution in [1.29, 1.82) is 0 Å². The second-order valence-corrected chi connectivity index (χ2v) is 6.83. The number of esters is 1. The quantitative estimate of drug-likeness (QED) is 0.692. The molecule has 0 aromatic carbocycles. The van der Waals surface area contributed by atoms with E-state index in [1.165, 1.54) is 12.0 Å². The zero-order valence-electron chi connectivity index (χ0n) is 14.0. The summed E-state index contributed by atoms with van der Waals surface area (Å²) in [4.78, 5) is 30.1. The first-order chi connectivity index (χ1) is 10.1. The molecule has 3 atom stereocenters. The molecular weight excluding hydrogens is 288 g/mol. The third-order valence-electron chi connectivity index (χ3n) is 3.85. The molecule has 1 saturated heterocycles. The standard InChI is InChI=1S/C15H24N2O5/c1-9-7-10(2)17(13(19)22-14(3,4)5)15(9)16-11(8-21-15)12(18)20-6/h9-10H,7-8H2,1-6H3/t9?,10-,15?/m0/s1. The summed E-state index contributed by atoms with van der Waals surface area (Å²) in [7, 11) is 1.29. The summed E-state index contributed by atoms with van der Waals surface area (Å²) in [6.07, 6.45) is 0.233. The van der Waals surface area contributed by atoms with Crippen molar-refractivity contribution in [2.45, 2.75) is 58.5 Å². The Morgan fingerprint density at radius 3 is 2.55 bits per heavy atom. The molecule has 1 amide bonds. The molecule has 0 aliphatic carbocycles. The Hall–Kier alpha value is -1.63. The Morgan fingerprint density at radius 1 is 1.36 bits per heavy atom. The molecule has 0 radical (unpaired) electrons. The highest BCUT2D eigenvalue weighted by atomic mass is 16.6. The van der Waals surface area contributed by atoms with Crippen LogP contribution < -0.4 is 0 Å². The summed E-state index contributed by atoms with van der Waals surface area (Å²) in [6, 6.07) is -0.0920. The maximum absolute atomic E-state index is 12.6. The van der Waals surface area contributed by atoms with Crippen molar-refractivity contribution in [2.24, 2.45) is 10.9 Å². The zero-order valence-corrected chi connectivity index (χ0v) is 14.0. The number of methoxy groups -OCH3 is 1. The molecule has 2 aliphatic rings. The van der Waals surface area contributed by atoms with E-state index in [0.29, 0.717) is 0 Å². The first-order valence-corrected chi connectivity index (χ1v) is 7.44. The number of carbonyl (C=O) groups is 2. The van der Waals surface area contributed by atoms with E-state index >= 15 is 0 Å². The summed E-state index contributed by atoms with van der Waals surface area (Å²) >= 11 is 0. The maximum atomic E-state index is 12.6. The first kappa shape index (κ1) is 16.7. The maximum Gasteiger partial charge on any atom is 0.414 e. The predicted octanol–water partition coefficient (Wildman–Crippen LogP) is 1.95. The number of likely N-dealkylation sites (tertiary alicyclic amines) is 1. The van der Waals surface area contributed by atoms with Crippen molar-refractivity contribution < 1.29 is 23.8 Å². The van der Waals surface area contributed by atoms with Crippen LogP contribution in [-0.2, 0) is 19.0 Å². The van der Waals surface area contributed by atoms with Gasteiger partial charge in [-0.15, -0.1) is 0 Å². The van der Waals surface area contributed by atoms with Gasteiger partial charge in [-0.3, -0.25) is 4.90 Å². The Morgan fingerprint density at radius 2 is 2.00 bits per heavy atom. The second-order valence-electron chi connectivity index (χ2n) is 6.83. The van der Waals surface area contributed by atoms with Crippen LogP contribution in [0.5, 0.6) is 0 Å². The molecule has 22 heavy (non-hydrogen) atoms. The van der Waals surface area contributed by atoms with Gasteiger partial charge in [0.25, 0.3) is 0 Å². The van der Waals surface area contributed by atoms with Gasteiger partial charge in [-0.2, -0.15) is 0 Å². The van der Waals surface area contributed by atoms with Crippen molar-refractivity contribution in [3.63, 3.8) is 0 Å². The fraction of sp³-hybridized carbons (Fsp3) is 0.800. The molecule has 0 saturated carbocycles. The molecule has 7 heteroatoms. The van der Waals surface area contributed by atoms with Crippen LogP contribution in [0.25, 0.3) is 0 Å². The van der Waals surface area contributed by atoms with Crippen LogP contribution in [-0.4, -0.2) is 53.9 Å². The lowest BCUT2D eigenvalue weighted by atomic mass is 10.0. The topological polar surface area (TPSA) is 77.4 Å². The fourth-order valence-electron chi connectivity index (χ4n) is 2.98. The normalized spacial score (nSPS) is 31.4. The van der Waals surface area contributed by atoms with Crippen LogP contribution in [0.3, 0.4) is 0 Å². The van der Waals surface area contributed by atoms with Gasteiger partial charge in [0, 0.05) is 12.0 Å². The first-order valence-electron chi connectivity index (χ1n) is 7.44. The Balaban J connectivity index is 2.34. The van der Waals surface area contributed by atoms with Gasteiger partial charge in [-0.1, -0.05) is 6.92 Å². The summed E-state index contributed by atoms with van der Waals surface area (Å²) in [6.45, 7) is 9.32. The Kier molecular flexibility index (Phi) is 4.21. The molecule has 0 N–H and O–H groups in total. The molecule has 7 nitrogen and oxygen atoms in total. The smallest absolute Gasteiger partial charge is 0.414 e. The highest BCUT2D eigenvalue weighted by Gasteiger charge is 2.58. The molecule has 0 aromatic rings. The highest BCUT2D eigenvalue weighted by molar-refractivity contribution is 6.37. The highest BCUT2D eigenvalue weighted by Crippen LogP contribution is 2.44. The van der Waals surface area contributed by atoms with Crippen LogP contribution in [0.2, 0.25) is 0 Å². The minimum atomic E-state index is -1.18. The minimum Gasteiger partial charge on any atom is -0.464 e. The van der Waals surface area contributed by atoms with Gasteiger partial charge < -0.3 is 14.2 Å². The van der Waals surface area contributed by atoms with Crippen LogP contribution >= 0.6 is 0 Å². The number of hydrogen-bond acceptors (Lipinski definition) is 6. The van der Waals surface area contributed by atoms with Crippen molar-refractivity contribution >= 4 is 17.8 Å². The fourth-order valence-corrected chi connectivity index (χ4v) is 2.98. The van der Waals surface area contributed by atoms with Gasteiger partial charge in [-0.25, -0.2) is 14.6 Å². The summed E-state index contributed by atoms with van der Waals surface area (Å²) in [5.41, 5.74) is -0.422. The van der Waals surface area contributed by atoms with Gasteiger partial charge >= 0.3 is 12.1 Å². The summed E-state index contributed by atoms with van der Waals surface area (Å²) in [5, 5.41) is 0. The number of amides is 1. The minimum absolute atomic E-state index is 0.0308. The predicted molar refractivity (Wildman–Crippen MR) is 79.5 cm³/mol. The molecule has 2 aliphatic heterocycles. The third-order valence-corrected chi connectivity index (χ3v) is 3.85. The lowest BCUT2D eigenvalue weighted by Crippen LogP contribution is -2.52. The number of hydrogen-bond donors (Lipinski definition) is 0. The van der Waals surface area contributed by atoms with Crippen LogP contribution in [0.4, 0.5) is 4.79 Å². The zero-order chi connectivity index (χ0) is 16.7. The van der Waals surface area contributed by atoms with E-state index < -0.39 is 23.5 Å². The van der Waals surface area contributed by atoms with Crippen molar-refractivity contribution in [2.75, 3.05) is 13.7 Å². The van der Waals surface area contributed by atoms with E-state index in [-0.39, 0.29) is 24.3 Å². The monoisotopic (exact) mass is 312 g/mol. The number of carbonyl (C=O) groups excluding carboxylic acids is 2. The van der Waals surface area contributed by atoms with Crippen LogP contribution in [0.15, 0.2) is 4.99 Å². The van der Waals surface area contributed by atoms with Crippen molar-refractivity contribution in [3.05, 3.63) is 0 Å². The Labute approximate surface area is 130 Å². The van der Waals surface area contributed by atoms with E-state index in [4.69, 9.17) is 14.2 Å². The molecule has 2 heterocycles. The van der Waals surface area contributed by atoms with Crippen LogP contribution in [0, 0.1) is 5.92 Å². The van der Waals surface area contributed by atoms with Crippen LogP contribution in [0.1, 0.15) is 41.0 Å². The molecule has 1 fully saturated rings. The number of nitrogens with zero attached hydrogens (tertiary/aromatic N) is 2. The lowest BCUT2D eigenvalue weighted by Gasteiger charge is -2.36. The van der Waals surface area contributed by atoms with Gasteiger partial charge in [-0.05, 0) is 34.1 Å². The largest absolute Gasteiger partial charge is 0.464 e. The summed E-state index contributed by atoms with van der Waals surface area (Å²) in [5.74, 6) is -1.75. The van der Waals surface area contributed by atoms with E-state index in [1.807, 2.05) is 13.8 Å². The number of ether oxygens (including phenoxy) is 3. The van der Waals surface area contributed by atoms with E-state index in [1.54, 1.807) is 20.8 Å². The molecule has 0 aromatic heterocycles. The average molecular weight is 312 g/mol. The molecule has 2 rings (SSSR count).